The van der Waals surface area contributed by atoms with Crippen LogP contribution < -0.4 is 16.8 Å². The molecule has 20 heavy (non-hydrogen) atoms. The second-order valence-corrected chi connectivity index (χ2v) is 4.55. The van der Waals surface area contributed by atoms with E-state index in [1.54, 1.807) is 12.6 Å². The quantitative estimate of drug-likeness (QED) is 0.165. The highest BCUT2D eigenvalue weighted by atomic mass is 16.1. The Kier molecular flexibility index (Phi) is 10.1. The minimum Gasteiger partial charge on any atom is -0.370 e. The first-order valence-corrected chi connectivity index (χ1v) is 6.62. The first-order chi connectivity index (χ1) is 9.52. The average Bonchev–Trinajstić information content (AvgIpc) is 2.42. The monoisotopic (exact) mass is 282 g/mol. The largest absolute Gasteiger partial charge is 0.370 e. The first kappa shape index (κ1) is 18.2. The van der Waals surface area contributed by atoms with Crippen molar-refractivity contribution in [1.82, 2.24) is 5.32 Å². The highest BCUT2D eigenvalue weighted by Gasteiger charge is 2.23. The molecule has 6 N–H and O–H groups in total. The number of unbranched alkanes of at least 4 members (excludes halogenated alkanes) is 2. The van der Waals surface area contributed by atoms with Crippen LogP contribution in [-0.2, 0) is 14.4 Å². The molecule has 0 spiro atoms. The maximum Gasteiger partial charge on any atom is 0.209 e. The van der Waals surface area contributed by atoms with E-state index in [-0.39, 0.29) is 11.7 Å². The van der Waals surface area contributed by atoms with Crippen LogP contribution in [-0.4, -0.2) is 36.9 Å². The van der Waals surface area contributed by atoms with Gasteiger partial charge in [-0.2, -0.15) is 0 Å². The molecule has 0 rings (SSSR count). The molecule has 2 unspecified atom stereocenters. The zero-order valence-electron chi connectivity index (χ0n) is 11.5. The van der Waals surface area contributed by atoms with Crippen molar-refractivity contribution in [2.75, 3.05) is 6.54 Å². The molecule has 0 aromatic rings. The lowest BCUT2D eigenvalue weighted by Gasteiger charge is -2.14. The number of carbonyl (C=O) groups is 1. The van der Waals surface area contributed by atoms with Crippen molar-refractivity contribution in [2.24, 2.45) is 17.4 Å². The Morgan fingerprint density at radius 3 is 2.45 bits per heavy atom. The minimum absolute atomic E-state index is 0.129. The number of nitrogens with two attached hydrogens (primary N) is 2. The number of nitrogens with one attached hydrogen (secondary N) is 2. The summed E-state index contributed by atoms with van der Waals surface area (Å²) in [5.74, 6) is -1.27. The van der Waals surface area contributed by atoms with Crippen LogP contribution in [0.25, 0.3) is 0 Å². The molecule has 0 fully saturated rings. The molecule has 0 aliphatic rings. The molecule has 2 atom stereocenters. The molecule has 7 nitrogen and oxygen atoms in total. The Labute approximate surface area is 119 Å². The molecule has 0 aliphatic carbocycles. The fourth-order valence-corrected chi connectivity index (χ4v) is 1.75. The summed E-state index contributed by atoms with van der Waals surface area (Å²) in [5.41, 5.74) is 10.9. The lowest BCUT2D eigenvalue weighted by molar-refractivity contribution is -0.122. The van der Waals surface area contributed by atoms with E-state index in [1.807, 2.05) is 0 Å². The highest BCUT2D eigenvalue weighted by Crippen LogP contribution is 2.12. The maximum atomic E-state index is 11.9. The molecule has 0 bridgehead atoms. The zero-order chi connectivity index (χ0) is 15.4. The molecule has 112 valence electrons. The second-order valence-electron chi connectivity index (χ2n) is 4.55. The van der Waals surface area contributed by atoms with Crippen molar-refractivity contribution in [3.63, 3.8) is 0 Å². The van der Waals surface area contributed by atoms with Gasteiger partial charge in [-0.05, 0) is 25.7 Å². The predicted octanol–water partition coefficient (Wildman–Crippen LogP) is -0.458. The van der Waals surface area contributed by atoms with Crippen LogP contribution in [0.1, 0.15) is 38.5 Å². The smallest absolute Gasteiger partial charge is 0.209 e. The van der Waals surface area contributed by atoms with Crippen molar-refractivity contribution in [3.05, 3.63) is 0 Å². The molecule has 7 heteroatoms. The van der Waals surface area contributed by atoms with E-state index < -0.39 is 12.0 Å². The summed E-state index contributed by atoms with van der Waals surface area (Å²) in [5, 5.41) is 9.57. The van der Waals surface area contributed by atoms with Gasteiger partial charge in [0.05, 0.1) is 12.0 Å². The van der Waals surface area contributed by atoms with Gasteiger partial charge in [0, 0.05) is 13.0 Å². The fraction of sp³-hybridized carbons (Fsp3) is 0.692. The van der Waals surface area contributed by atoms with Crippen LogP contribution in [0.2, 0.25) is 0 Å². The maximum absolute atomic E-state index is 11.9. The van der Waals surface area contributed by atoms with Crippen LogP contribution in [0.4, 0.5) is 0 Å². The van der Waals surface area contributed by atoms with E-state index in [0.29, 0.717) is 45.1 Å². The third kappa shape index (κ3) is 8.36. The predicted molar refractivity (Wildman–Crippen MR) is 75.5 cm³/mol. The Bertz CT molecular complexity index is 334. The topological polar surface area (TPSA) is 139 Å². The van der Waals surface area contributed by atoms with Gasteiger partial charge in [0.1, 0.15) is 0 Å². The van der Waals surface area contributed by atoms with Crippen molar-refractivity contribution < 1.29 is 14.4 Å². The van der Waals surface area contributed by atoms with E-state index in [4.69, 9.17) is 16.9 Å². The summed E-state index contributed by atoms with van der Waals surface area (Å²) >= 11 is 0. The Balaban J connectivity index is 4.00. The molecule has 2 radical (unpaired) electrons. The number of hydrogen-bond donors (Lipinski definition) is 4. The third-order valence-electron chi connectivity index (χ3n) is 2.88. The van der Waals surface area contributed by atoms with Gasteiger partial charge < -0.3 is 16.8 Å². The number of carbonyl (C=O) groups excluding carboxylic acids is 3. The molecule has 0 amide bonds. The number of ketones is 1. The van der Waals surface area contributed by atoms with Gasteiger partial charge in [-0.25, -0.2) is 0 Å². The lowest BCUT2D eigenvalue weighted by atomic mass is 9.92. The van der Waals surface area contributed by atoms with Crippen molar-refractivity contribution in [3.8, 4) is 0 Å². The van der Waals surface area contributed by atoms with E-state index in [0.717, 1.165) is 0 Å². The van der Waals surface area contributed by atoms with Gasteiger partial charge in [0.25, 0.3) is 0 Å². The lowest BCUT2D eigenvalue weighted by Crippen LogP contribution is -2.37. The summed E-state index contributed by atoms with van der Waals surface area (Å²) < 4.78 is 0. The van der Waals surface area contributed by atoms with E-state index >= 15 is 0 Å². The molecule has 0 saturated heterocycles. The zero-order valence-corrected chi connectivity index (χ0v) is 11.5. The van der Waals surface area contributed by atoms with Gasteiger partial charge in [0.2, 0.25) is 6.29 Å². The van der Waals surface area contributed by atoms with Crippen LogP contribution in [0.5, 0.6) is 0 Å². The normalized spacial score (nSPS) is 13.2. The first-order valence-electron chi connectivity index (χ1n) is 6.62. The SMILES string of the molecule is N=C(N)NCCCC(N)C(=O)C([C]=O)CCCC[C]=O. The summed E-state index contributed by atoms with van der Waals surface area (Å²) in [6.07, 6.45) is 6.35. The van der Waals surface area contributed by atoms with Crippen LogP contribution >= 0.6 is 0 Å². The number of hydrogen-bond acceptors (Lipinski definition) is 5. The molecule has 0 aromatic heterocycles. The molecule has 0 aromatic carbocycles. The van der Waals surface area contributed by atoms with E-state index in [1.165, 1.54) is 0 Å². The summed E-state index contributed by atoms with van der Waals surface area (Å²) in [6.45, 7) is 0.459. The standard InChI is InChI=1S/C13H22N4O3/c14-11(6-4-7-17-13(15)16)12(20)10(9-19)5-2-1-3-8-18/h10-11H,1-7,14H2,(H4,15,16,17). The number of rotatable bonds is 12. The van der Waals surface area contributed by atoms with Gasteiger partial charge >= 0.3 is 0 Å². The van der Waals surface area contributed by atoms with Crippen LogP contribution in [0.3, 0.4) is 0 Å². The Morgan fingerprint density at radius 2 is 1.90 bits per heavy atom. The molecular formula is C13H22N4O3. The molecule has 0 aliphatic heterocycles. The van der Waals surface area contributed by atoms with Crippen molar-refractivity contribution in [2.45, 2.75) is 44.6 Å². The van der Waals surface area contributed by atoms with Gasteiger partial charge in [-0.1, -0.05) is 6.42 Å². The Morgan fingerprint density at radius 1 is 1.20 bits per heavy atom. The molecular weight excluding hydrogens is 260 g/mol. The number of Topliss-reactive ketones (excluding diaryl/α,β-unsaturated/α-hetero) is 1. The van der Waals surface area contributed by atoms with E-state index in [2.05, 4.69) is 5.32 Å². The van der Waals surface area contributed by atoms with Gasteiger partial charge in [-0.15, -0.1) is 0 Å². The third-order valence-corrected chi connectivity index (χ3v) is 2.88. The molecule has 0 saturated carbocycles. The fourth-order valence-electron chi connectivity index (χ4n) is 1.75. The Hall–Kier alpha value is -1.76. The average molecular weight is 282 g/mol. The van der Waals surface area contributed by atoms with Crippen molar-refractivity contribution in [1.29, 1.82) is 5.41 Å². The summed E-state index contributed by atoms with van der Waals surface area (Å²) in [4.78, 5) is 32.7. The van der Waals surface area contributed by atoms with Gasteiger partial charge in [-0.3, -0.25) is 19.8 Å². The van der Waals surface area contributed by atoms with Crippen LogP contribution in [0, 0.1) is 11.3 Å². The summed E-state index contributed by atoms with van der Waals surface area (Å²) in [6, 6.07) is -0.715. The molecule has 0 heterocycles. The van der Waals surface area contributed by atoms with Crippen molar-refractivity contribution >= 4 is 24.3 Å². The van der Waals surface area contributed by atoms with Crippen LogP contribution in [0.15, 0.2) is 0 Å². The van der Waals surface area contributed by atoms with Gasteiger partial charge in [0.15, 0.2) is 18.0 Å². The number of guanidine groups is 1. The summed E-state index contributed by atoms with van der Waals surface area (Å²) in [7, 11) is 0. The second kappa shape index (κ2) is 11.1. The minimum atomic E-state index is -0.822. The highest BCUT2D eigenvalue weighted by molar-refractivity contribution is 5.96. The van der Waals surface area contributed by atoms with E-state index in [9.17, 15) is 14.4 Å².